The zero-order chi connectivity index (χ0) is 24.8. The number of nitrogens with zero attached hydrogens (tertiary/aromatic N) is 2. The van der Waals surface area contributed by atoms with Gasteiger partial charge in [-0.25, -0.2) is 9.37 Å². The number of hydrogen-bond donors (Lipinski definition) is 2. The van der Waals surface area contributed by atoms with Crippen molar-refractivity contribution >= 4 is 40.7 Å². The van der Waals surface area contributed by atoms with Gasteiger partial charge in [0.15, 0.2) is 6.61 Å². The van der Waals surface area contributed by atoms with Gasteiger partial charge in [-0.05, 0) is 37.1 Å². The van der Waals surface area contributed by atoms with Crippen LogP contribution in [0.25, 0.3) is 0 Å². The fourth-order valence-corrected chi connectivity index (χ4v) is 4.88. The molecule has 0 unspecified atom stereocenters. The third-order valence-electron chi connectivity index (χ3n) is 5.49. The maximum Gasteiger partial charge on any atom is 0.289 e. The summed E-state index contributed by atoms with van der Waals surface area (Å²) in [5.74, 6) is -1.51. The van der Waals surface area contributed by atoms with E-state index >= 15 is 0 Å². The molecule has 8 nitrogen and oxygen atoms in total. The number of rotatable bonds is 6. The lowest BCUT2D eigenvalue weighted by atomic mass is 9.97. The predicted molar refractivity (Wildman–Crippen MR) is 129 cm³/mol. The predicted octanol–water partition coefficient (Wildman–Crippen LogP) is 3.80. The molecular weight excluding hydrogens is 495 g/mol. The van der Waals surface area contributed by atoms with Gasteiger partial charge >= 0.3 is 0 Å². The number of aromatic nitrogens is 1. The van der Waals surface area contributed by atoms with Crippen molar-refractivity contribution in [1.29, 1.82) is 0 Å². The summed E-state index contributed by atoms with van der Waals surface area (Å²) in [6.45, 7) is 0.599. The fourth-order valence-electron chi connectivity index (χ4n) is 3.66. The standard InChI is InChI=1S/C24H22ClFN4O4S/c25-17-7-4-8-18(26)21(17)24(33)30-11-9-15(10-12-30)23-27-19(14-35-23)22(32)29-28-20(31)13-34-16-5-2-1-3-6-16/h1-8,14-15H,9-13H2,(H,28,31)(H,29,32). The van der Waals surface area contributed by atoms with Gasteiger partial charge in [0.1, 0.15) is 17.3 Å². The van der Waals surface area contributed by atoms with Crippen LogP contribution in [0, 0.1) is 5.82 Å². The van der Waals surface area contributed by atoms with E-state index in [9.17, 15) is 18.8 Å². The van der Waals surface area contributed by atoms with Crippen LogP contribution in [0.2, 0.25) is 5.02 Å². The second kappa shape index (κ2) is 11.3. The van der Waals surface area contributed by atoms with Crippen molar-refractivity contribution in [2.75, 3.05) is 19.7 Å². The summed E-state index contributed by atoms with van der Waals surface area (Å²) >= 11 is 7.37. The number of piperidine rings is 1. The lowest BCUT2D eigenvalue weighted by molar-refractivity contribution is -0.123. The first-order valence-corrected chi connectivity index (χ1v) is 12.1. The van der Waals surface area contributed by atoms with Crippen molar-refractivity contribution in [3.63, 3.8) is 0 Å². The zero-order valence-corrected chi connectivity index (χ0v) is 20.1. The highest BCUT2D eigenvalue weighted by molar-refractivity contribution is 7.09. The van der Waals surface area contributed by atoms with E-state index in [0.717, 1.165) is 5.01 Å². The van der Waals surface area contributed by atoms with E-state index < -0.39 is 23.5 Å². The van der Waals surface area contributed by atoms with Crippen molar-refractivity contribution in [3.8, 4) is 5.75 Å². The molecule has 2 heterocycles. The summed E-state index contributed by atoms with van der Waals surface area (Å²) in [5.41, 5.74) is 4.70. The Morgan fingerprint density at radius 3 is 2.54 bits per heavy atom. The molecule has 2 aromatic carbocycles. The molecule has 4 rings (SSSR count). The Labute approximate surface area is 210 Å². The summed E-state index contributed by atoms with van der Waals surface area (Å²) in [5, 5.41) is 2.48. The quantitative estimate of drug-likeness (QED) is 0.485. The van der Waals surface area contributed by atoms with Crippen LogP contribution in [-0.2, 0) is 4.79 Å². The van der Waals surface area contributed by atoms with Gasteiger partial charge in [-0.1, -0.05) is 35.9 Å². The molecule has 1 aliphatic rings. The molecule has 1 saturated heterocycles. The minimum Gasteiger partial charge on any atom is -0.484 e. The Morgan fingerprint density at radius 2 is 1.83 bits per heavy atom. The number of nitrogens with one attached hydrogen (secondary N) is 2. The third-order valence-corrected chi connectivity index (χ3v) is 6.81. The van der Waals surface area contributed by atoms with E-state index in [1.54, 1.807) is 34.5 Å². The molecule has 182 valence electrons. The highest BCUT2D eigenvalue weighted by Gasteiger charge is 2.29. The highest BCUT2D eigenvalue weighted by Crippen LogP contribution is 2.31. The van der Waals surface area contributed by atoms with Gasteiger partial charge in [-0.3, -0.25) is 25.2 Å². The first-order chi connectivity index (χ1) is 16.9. The number of ether oxygens (including phenoxy) is 1. The molecule has 0 radical (unpaired) electrons. The number of hydrogen-bond acceptors (Lipinski definition) is 6. The maximum absolute atomic E-state index is 14.1. The van der Waals surface area contributed by atoms with Gasteiger partial charge < -0.3 is 9.64 Å². The summed E-state index contributed by atoms with van der Waals surface area (Å²) < 4.78 is 19.4. The molecule has 35 heavy (non-hydrogen) atoms. The topological polar surface area (TPSA) is 101 Å². The van der Waals surface area contributed by atoms with Crippen LogP contribution in [0.4, 0.5) is 4.39 Å². The Morgan fingerprint density at radius 1 is 1.09 bits per heavy atom. The number of thiazole rings is 1. The monoisotopic (exact) mass is 516 g/mol. The van der Waals surface area contributed by atoms with Crippen LogP contribution in [0.3, 0.4) is 0 Å². The second-order valence-electron chi connectivity index (χ2n) is 7.84. The molecule has 0 aliphatic carbocycles. The zero-order valence-electron chi connectivity index (χ0n) is 18.5. The lowest BCUT2D eigenvalue weighted by Gasteiger charge is -2.31. The van der Waals surface area contributed by atoms with E-state index in [1.165, 1.54) is 29.5 Å². The molecule has 0 saturated carbocycles. The average Bonchev–Trinajstić information content (AvgIpc) is 3.37. The Hall–Kier alpha value is -3.50. The molecule has 1 fully saturated rings. The second-order valence-corrected chi connectivity index (χ2v) is 9.14. The summed E-state index contributed by atoms with van der Waals surface area (Å²) in [6, 6.07) is 13.0. The van der Waals surface area contributed by atoms with Gasteiger partial charge in [0.05, 0.1) is 15.6 Å². The number of benzene rings is 2. The first kappa shape index (κ1) is 24.6. The fraction of sp³-hybridized carbons (Fsp3) is 0.250. The molecule has 0 bridgehead atoms. The largest absolute Gasteiger partial charge is 0.484 e. The van der Waals surface area contributed by atoms with Crippen LogP contribution in [0.15, 0.2) is 53.9 Å². The first-order valence-electron chi connectivity index (χ1n) is 10.9. The molecule has 1 aromatic heterocycles. The van der Waals surface area contributed by atoms with E-state index in [1.807, 2.05) is 6.07 Å². The van der Waals surface area contributed by atoms with Crippen molar-refractivity contribution in [2.45, 2.75) is 18.8 Å². The van der Waals surface area contributed by atoms with Crippen molar-refractivity contribution in [3.05, 3.63) is 81.0 Å². The maximum atomic E-state index is 14.1. The number of amides is 3. The number of carbonyl (C=O) groups excluding carboxylic acids is 3. The highest BCUT2D eigenvalue weighted by atomic mass is 35.5. The van der Waals surface area contributed by atoms with Crippen molar-refractivity contribution in [2.24, 2.45) is 0 Å². The molecule has 2 N–H and O–H groups in total. The Balaban J connectivity index is 1.25. The van der Waals surface area contributed by atoms with E-state index in [4.69, 9.17) is 16.3 Å². The van der Waals surface area contributed by atoms with Gasteiger partial charge in [0.25, 0.3) is 17.7 Å². The number of likely N-dealkylation sites (tertiary alicyclic amines) is 1. The van der Waals surface area contributed by atoms with Crippen LogP contribution in [0.1, 0.15) is 44.6 Å². The number of halogens is 2. The minimum absolute atomic E-state index is 0.0653. The number of hydrazine groups is 1. The number of carbonyl (C=O) groups is 3. The molecule has 3 amide bonds. The minimum atomic E-state index is -0.640. The number of para-hydroxylation sites is 1. The van der Waals surface area contributed by atoms with E-state index in [0.29, 0.717) is 31.7 Å². The molecule has 0 atom stereocenters. The molecule has 1 aliphatic heterocycles. The van der Waals surface area contributed by atoms with Crippen molar-refractivity contribution in [1.82, 2.24) is 20.7 Å². The molecule has 11 heteroatoms. The Bertz CT molecular complexity index is 1190. The van der Waals surface area contributed by atoms with Gasteiger partial charge in [-0.2, -0.15) is 0 Å². The summed E-state index contributed by atoms with van der Waals surface area (Å²) in [4.78, 5) is 43.0. The summed E-state index contributed by atoms with van der Waals surface area (Å²) in [7, 11) is 0. The Kier molecular flexibility index (Phi) is 7.94. The van der Waals surface area contributed by atoms with E-state index in [-0.39, 0.29) is 28.8 Å². The summed E-state index contributed by atoms with van der Waals surface area (Å²) in [6.07, 6.45) is 1.25. The lowest BCUT2D eigenvalue weighted by Crippen LogP contribution is -2.44. The third kappa shape index (κ3) is 6.14. The van der Waals surface area contributed by atoms with Crippen LogP contribution in [0.5, 0.6) is 5.75 Å². The van der Waals surface area contributed by atoms with Crippen molar-refractivity contribution < 1.29 is 23.5 Å². The van der Waals surface area contributed by atoms with Crippen LogP contribution >= 0.6 is 22.9 Å². The normalized spacial score (nSPS) is 13.8. The molecular formula is C24H22ClFN4O4S. The SMILES string of the molecule is O=C(COc1ccccc1)NNC(=O)c1csc(C2CCN(C(=O)c3c(F)cccc3Cl)CC2)n1. The van der Waals surface area contributed by atoms with Gasteiger partial charge in [0.2, 0.25) is 0 Å². The molecule has 0 spiro atoms. The van der Waals surface area contributed by atoms with Gasteiger partial charge in [-0.15, -0.1) is 11.3 Å². The van der Waals surface area contributed by atoms with Crippen LogP contribution < -0.4 is 15.6 Å². The van der Waals surface area contributed by atoms with Crippen LogP contribution in [-0.4, -0.2) is 47.3 Å². The average molecular weight is 517 g/mol. The smallest absolute Gasteiger partial charge is 0.289 e. The van der Waals surface area contributed by atoms with E-state index in [2.05, 4.69) is 15.8 Å². The molecule has 3 aromatic rings. The van der Waals surface area contributed by atoms with Gasteiger partial charge in [0, 0.05) is 24.4 Å².